The molecule has 1 nitrogen and oxygen atoms in total. The smallest absolute Gasteiger partial charge is 0.289 e. The molecule has 0 atom stereocenters. The highest BCUT2D eigenvalue weighted by molar-refractivity contribution is 14.1. The molecule has 0 saturated carbocycles. The lowest BCUT2D eigenvalue weighted by atomic mass is 9.96. The first-order valence-corrected chi connectivity index (χ1v) is 7.27. The summed E-state index contributed by atoms with van der Waals surface area (Å²) >= 11 is 2.08. The van der Waals surface area contributed by atoms with Crippen molar-refractivity contribution in [3.05, 3.63) is 67.8 Å². The lowest BCUT2D eigenvalue weighted by molar-refractivity contribution is -0.137. The third-order valence-electron chi connectivity index (χ3n) is 3.23. The Morgan fingerprint density at radius 2 is 1.67 bits per heavy atom. The fraction of sp³-hybridized carbons (Fsp3) is 0.188. The van der Waals surface area contributed by atoms with Gasteiger partial charge in [-0.3, -0.25) is 4.79 Å². The highest BCUT2D eigenvalue weighted by Gasteiger charge is 2.31. The number of carbonyl (C=O) groups is 1. The number of benzene rings is 2. The predicted octanol–water partition coefficient (Wildman–Crippen LogP) is 5.16. The van der Waals surface area contributed by atoms with Gasteiger partial charge >= 0.3 is 6.18 Å². The van der Waals surface area contributed by atoms with E-state index in [0.717, 1.165) is 21.3 Å². The summed E-state index contributed by atoms with van der Waals surface area (Å²) in [6, 6.07) is 8.55. The lowest BCUT2D eigenvalue weighted by Crippen LogP contribution is -2.10. The van der Waals surface area contributed by atoms with Gasteiger partial charge in [0.15, 0.2) is 5.78 Å². The second-order valence-electron chi connectivity index (χ2n) is 4.79. The van der Waals surface area contributed by atoms with Gasteiger partial charge in [-0.2, -0.15) is 13.2 Å². The van der Waals surface area contributed by atoms with Crippen molar-refractivity contribution >= 4 is 28.4 Å². The Kier molecular flexibility index (Phi) is 4.41. The van der Waals surface area contributed by atoms with Crippen molar-refractivity contribution in [1.82, 2.24) is 0 Å². The van der Waals surface area contributed by atoms with Gasteiger partial charge in [-0.25, -0.2) is 0 Å². The quantitative estimate of drug-likeness (QED) is 0.500. The topological polar surface area (TPSA) is 17.1 Å². The zero-order chi connectivity index (χ0) is 15.8. The van der Waals surface area contributed by atoms with Gasteiger partial charge in [0, 0.05) is 14.7 Å². The maximum Gasteiger partial charge on any atom is 0.416 e. The monoisotopic (exact) mass is 404 g/mol. The molecule has 0 amide bonds. The molecule has 2 aromatic carbocycles. The van der Waals surface area contributed by atoms with E-state index in [1.165, 1.54) is 13.0 Å². The van der Waals surface area contributed by atoms with Crippen LogP contribution in [0.4, 0.5) is 13.2 Å². The third kappa shape index (κ3) is 3.28. The molecule has 0 radical (unpaired) electrons. The highest BCUT2D eigenvalue weighted by Crippen LogP contribution is 2.31. The minimum Gasteiger partial charge on any atom is -0.289 e. The Bertz CT molecular complexity index is 705. The Balaban J connectivity index is 2.48. The summed E-state index contributed by atoms with van der Waals surface area (Å²) in [5.74, 6) is -0.255. The zero-order valence-electron chi connectivity index (χ0n) is 11.4. The number of alkyl halides is 3. The average Bonchev–Trinajstić information content (AvgIpc) is 2.40. The molecule has 0 aliphatic heterocycles. The lowest BCUT2D eigenvalue weighted by Gasteiger charge is -2.12. The normalized spacial score (nSPS) is 11.5. The van der Waals surface area contributed by atoms with Crippen LogP contribution in [0.15, 0.2) is 36.4 Å². The largest absolute Gasteiger partial charge is 0.416 e. The van der Waals surface area contributed by atoms with E-state index in [1.54, 1.807) is 12.1 Å². The van der Waals surface area contributed by atoms with E-state index in [4.69, 9.17) is 0 Å². The van der Waals surface area contributed by atoms with Crippen molar-refractivity contribution < 1.29 is 18.0 Å². The van der Waals surface area contributed by atoms with Gasteiger partial charge in [0.05, 0.1) is 5.56 Å². The molecule has 0 spiro atoms. The number of carbonyl (C=O) groups excluding carboxylic acids is 1. The summed E-state index contributed by atoms with van der Waals surface area (Å²) in [5.41, 5.74) is 1.36. The second kappa shape index (κ2) is 5.79. The summed E-state index contributed by atoms with van der Waals surface area (Å²) in [4.78, 5) is 12.5. The molecule has 110 valence electrons. The molecule has 0 heterocycles. The van der Waals surface area contributed by atoms with Gasteiger partial charge in [-0.05, 0) is 65.8 Å². The first-order valence-electron chi connectivity index (χ1n) is 6.19. The second-order valence-corrected chi connectivity index (χ2v) is 5.87. The molecule has 0 saturated heterocycles. The first-order chi connectivity index (χ1) is 9.71. The van der Waals surface area contributed by atoms with Crippen LogP contribution in [-0.2, 0) is 6.18 Å². The average molecular weight is 404 g/mol. The van der Waals surface area contributed by atoms with Crippen molar-refractivity contribution in [3.8, 4) is 0 Å². The molecule has 21 heavy (non-hydrogen) atoms. The predicted molar refractivity (Wildman–Crippen MR) is 83.5 cm³/mol. The molecule has 0 N–H and O–H groups in total. The van der Waals surface area contributed by atoms with Crippen molar-refractivity contribution in [3.63, 3.8) is 0 Å². The summed E-state index contributed by atoms with van der Waals surface area (Å²) in [7, 11) is 0. The van der Waals surface area contributed by atoms with Gasteiger partial charge in [0.25, 0.3) is 0 Å². The number of ketones is 1. The van der Waals surface area contributed by atoms with Gasteiger partial charge in [0.2, 0.25) is 0 Å². The number of halogens is 4. The summed E-state index contributed by atoms with van der Waals surface area (Å²) in [6.45, 7) is 3.41. The fourth-order valence-corrected chi connectivity index (χ4v) is 2.67. The number of hydrogen-bond donors (Lipinski definition) is 0. The van der Waals surface area contributed by atoms with Gasteiger partial charge < -0.3 is 0 Å². The zero-order valence-corrected chi connectivity index (χ0v) is 13.5. The summed E-state index contributed by atoms with van der Waals surface area (Å²) in [5, 5.41) is 0. The molecular formula is C16H12F3IO. The standard InChI is InChI=1S/C16H12F3IO/c1-9-4-3-5-13(14(9)20)15(21)12-7-6-11(8-10(12)2)16(17,18)19/h3-8H,1-2H3. The molecule has 0 fully saturated rings. The maximum atomic E-state index is 12.7. The Labute approximate surface area is 134 Å². The van der Waals surface area contributed by atoms with E-state index in [1.807, 2.05) is 13.0 Å². The van der Waals surface area contributed by atoms with Crippen LogP contribution >= 0.6 is 22.6 Å². The molecule has 0 aromatic heterocycles. The molecule has 0 aliphatic carbocycles. The molecule has 0 unspecified atom stereocenters. The van der Waals surface area contributed by atoms with Crippen LogP contribution in [0.25, 0.3) is 0 Å². The van der Waals surface area contributed by atoms with Gasteiger partial charge in [0.1, 0.15) is 0 Å². The van der Waals surface area contributed by atoms with E-state index in [2.05, 4.69) is 22.6 Å². The number of hydrogen-bond acceptors (Lipinski definition) is 1. The van der Waals surface area contributed by atoms with E-state index in [0.29, 0.717) is 16.7 Å². The van der Waals surface area contributed by atoms with E-state index in [9.17, 15) is 18.0 Å². The Morgan fingerprint density at radius 3 is 2.24 bits per heavy atom. The minimum atomic E-state index is -4.40. The van der Waals surface area contributed by atoms with Crippen molar-refractivity contribution in [2.45, 2.75) is 20.0 Å². The fourth-order valence-electron chi connectivity index (χ4n) is 2.06. The molecule has 0 aliphatic rings. The van der Waals surface area contributed by atoms with Gasteiger partial charge in [-0.1, -0.05) is 18.2 Å². The maximum absolute atomic E-state index is 12.7. The Hall–Kier alpha value is -1.37. The van der Waals surface area contributed by atoms with E-state index in [-0.39, 0.29) is 5.78 Å². The number of aryl methyl sites for hydroxylation is 2. The van der Waals surface area contributed by atoms with Crippen LogP contribution in [0.3, 0.4) is 0 Å². The number of rotatable bonds is 2. The van der Waals surface area contributed by atoms with E-state index >= 15 is 0 Å². The summed E-state index contributed by atoms with van der Waals surface area (Å²) in [6.07, 6.45) is -4.40. The van der Waals surface area contributed by atoms with Crippen LogP contribution < -0.4 is 0 Å². The van der Waals surface area contributed by atoms with Crippen molar-refractivity contribution in [2.75, 3.05) is 0 Å². The molecule has 5 heteroatoms. The van der Waals surface area contributed by atoms with Crippen LogP contribution in [0.5, 0.6) is 0 Å². The SMILES string of the molecule is Cc1cc(C(F)(F)F)ccc1C(=O)c1cccc(C)c1I. The molecule has 2 rings (SSSR count). The van der Waals surface area contributed by atoms with Crippen LogP contribution in [0, 0.1) is 17.4 Å². The summed E-state index contributed by atoms with van der Waals surface area (Å²) < 4.78 is 38.8. The Morgan fingerprint density at radius 1 is 1.00 bits per heavy atom. The molecule has 0 bridgehead atoms. The van der Waals surface area contributed by atoms with Crippen LogP contribution in [0.1, 0.15) is 32.6 Å². The highest BCUT2D eigenvalue weighted by atomic mass is 127. The van der Waals surface area contributed by atoms with Gasteiger partial charge in [-0.15, -0.1) is 0 Å². The van der Waals surface area contributed by atoms with Crippen molar-refractivity contribution in [2.24, 2.45) is 0 Å². The van der Waals surface area contributed by atoms with E-state index < -0.39 is 11.7 Å². The minimum absolute atomic E-state index is 0.255. The third-order valence-corrected chi connectivity index (χ3v) is 4.67. The van der Waals surface area contributed by atoms with Crippen LogP contribution in [0.2, 0.25) is 0 Å². The first kappa shape index (κ1) is 16.0. The molecule has 2 aromatic rings. The van der Waals surface area contributed by atoms with Crippen molar-refractivity contribution in [1.29, 1.82) is 0 Å². The van der Waals surface area contributed by atoms with Crippen LogP contribution in [-0.4, -0.2) is 5.78 Å². The molecular weight excluding hydrogens is 392 g/mol.